The van der Waals surface area contributed by atoms with Crippen molar-refractivity contribution >= 4 is 17.2 Å². The van der Waals surface area contributed by atoms with Crippen LogP contribution in [0, 0.1) is 0 Å². The first-order valence-electron chi connectivity index (χ1n) is 5.60. The number of alkyl halides is 3. The van der Waals surface area contributed by atoms with Gasteiger partial charge >= 0.3 is 6.18 Å². The molecule has 3 nitrogen and oxygen atoms in total. The fourth-order valence-corrected chi connectivity index (χ4v) is 3.15. The number of nitrogens with zero attached hydrogens (tertiary/aromatic N) is 1. The van der Waals surface area contributed by atoms with Crippen LogP contribution in [0.3, 0.4) is 0 Å². The summed E-state index contributed by atoms with van der Waals surface area (Å²) >= 11 is 1.41. The molecule has 1 aliphatic heterocycles. The van der Waals surface area contributed by atoms with E-state index < -0.39 is 23.8 Å². The molecule has 0 bridgehead atoms. The minimum Gasteiger partial charge on any atom is -0.307 e. The van der Waals surface area contributed by atoms with Gasteiger partial charge in [0.25, 0.3) is 0 Å². The summed E-state index contributed by atoms with van der Waals surface area (Å²) in [6.07, 6.45) is -4.99. The average Bonchev–Trinajstić information content (AvgIpc) is 2.76. The second-order valence-corrected chi connectivity index (χ2v) is 5.41. The lowest BCUT2D eigenvalue weighted by atomic mass is 10.1. The zero-order chi connectivity index (χ0) is 13.0. The molecule has 1 amide bonds. The van der Waals surface area contributed by atoms with Crippen LogP contribution < -0.4 is 5.32 Å². The molecule has 1 unspecified atom stereocenters. The first-order valence-corrected chi connectivity index (χ1v) is 6.54. The fourth-order valence-electron chi connectivity index (χ4n) is 2.47. The van der Waals surface area contributed by atoms with Crippen LogP contribution in [0.1, 0.15) is 24.6 Å². The molecular weight excluding hydrogens is 265 g/mol. The highest BCUT2D eigenvalue weighted by atomic mass is 32.1. The smallest absolute Gasteiger partial charge is 0.307 e. The fraction of sp³-hybridized carbons (Fsp3) is 0.545. The van der Waals surface area contributed by atoms with Crippen LogP contribution >= 0.6 is 11.3 Å². The molecule has 1 saturated carbocycles. The highest BCUT2D eigenvalue weighted by molar-refractivity contribution is 7.07. The summed E-state index contributed by atoms with van der Waals surface area (Å²) in [6.45, 7) is -0.0294. The Kier molecular flexibility index (Phi) is 2.47. The van der Waals surface area contributed by atoms with Gasteiger partial charge in [-0.3, -0.25) is 10.1 Å². The molecule has 18 heavy (non-hydrogen) atoms. The lowest BCUT2D eigenvalue weighted by Crippen LogP contribution is -2.50. The monoisotopic (exact) mass is 276 g/mol. The Morgan fingerprint density at radius 2 is 2.17 bits per heavy atom. The van der Waals surface area contributed by atoms with E-state index in [4.69, 9.17) is 0 Å². The number of nitrogens with one attached hydrogen (secondary N) is 1. The van der Waals surface area contributed by atoms with Gasteiger partial charge in [0, 0.05) is 0 Å². The van der Waals surface area contributed by atoms with Crippen molar-refractivity contribution in [2.75, 3.05) is 6.54 Å². The summed E-state index contributed by atoms with van der Waals surface area (Å²) in [4.78, 5) is 12.8. The topological polar surface area (TPSA) is 32.3 Å². The van der Waals surface area contributed by atoms with Gasteiger partial charge in [0.05, 0.1) is 6.54 Å². The van der Waals surface area contributed by atoms with Crippen LogP contribution in [-0.4, -0.2) is 29.1 Å². The second-order valence-electron chi connectivity index (χ2n) is 4.63. The first kappa shape index (κ1) is 12.0. The minimum atomic E-state index is -4.36. The van der Waals surface area contributed by atoms with Gasteiger partial charge in [-0.2, -0.15) is 24.5 Å². The van der Waals surface area contributed by atoms with E-state index in [1.807, 2.05) is 0 Å². The van der Waals surface area contributed by atoms with E-state index in [1.54, 1.807) is 16.8 Å². The summed E-state index contributed by atoms with van der Waals surface area (Å²) in [5, 5.41) is 6.43. The Hall–Kier alpha value is -1.08. The van der Waals surface area contributed by atoms with Gasteiger partial charge in [-0.25, -0.2) is 0 Å². The summed E-state index contributed by atoms with van der Waals surface area (Å²) in [6, 6.07) is 1.75. The lowest BCUT2D eigenvalue weighted by Gasteiger charge is -2.34. The van der Waals surface area contributed by atoms with Crippen molar-refractivity contribution in [3.63, 3.8) is 0 Å². The van der Waals surface area contributed by atoms with Crippen LogP contribution in [-0.2, 0) is 4.79 Å². The van der Waals surface area contributed by atoms with E-state index in [0.717, 1.165) is 10.5 Å². The molecule has 0 spiro atoms. The average molecular weight is 276 g/mol. The number of amides is 1. The van der Waals surface area contributed by atoms with Gasteiger partial charge in [0.2, 0.25) is 5.91 Å². The third-order valence-corrected chi connectivity index (χ3v) is 4.25. The number of rotatable bonds is 2. The zero-order valence-corrected chi connectivity index (χ0v) is 10.1. The molecule has 1 aliphatic carbocycles. The van der Waals surface area contributed by atoms with Crippen LogP contribution in [0.5, 0.6) is 0 Å². The quantitative estimate of drug-likeness (QED) is 0.898. The molecule has 98 valence electrons. The van der Waals surface area contributed by atoms with Gasteiger partial charge in [0.15, 0.2) is 0 Å². The van der Waals surface area contributed by atoms with E-state index in [0.29, 0.717) is 0 Å². The molecule has 3 rings (SSSR count). The third-order valence-electron chi connectivity index (χ3n) is 3.54. The van der Waals surface area contributed by atoms with Crippen molar-refractivity contribution in [1.82, 2.24) is 10.2 Å². The normalized spacial score (nSPS) is 26.7. The summed E-state index contributed by atoms with van der Waals surface area (Å²) in [5.74, 6) is -0.471. The van der Waals surface area contributed by atoms with E-state index in [9.17, 15) is 18.0 Å². The molecule has 7 heteroatoms. The zero-order valence-electron chi connectivity index (χ0n) is 9.33. The van der Waals surface area contributed by atoms with Crippen molar-refractivity contribution in [3.8, 4) is 0 Å². The largest absolute Gasteiger partial charge is 0.411 e. The van der Waals surface area contributed by atoms with Crippen LogP contribution in [0.4, 0.5) is 13.2 Å². The van der Waals surface area contributed by atoms with Crippen molar-refractivity contribution in [2.24, 2.45) is 0 Å². The number of halogens is 3. The Morgan fingerprint density at radius 1 is 1.44 bits per heavy atom. The van der Waals surface area contributed by atoms with Gasteiger partial charge in [-0.1, -0.05) is 0 Å². The molecule has 1 aromatic rings. The maximum atomic E-state index is 13.1. The molecule has 1 N–H and O–H groups in total. The molecule has 1 saturated heterocycles. The molecule has 0 radical (unpaired) electrons. The molecule has 1 aromatic heterocycles. The number of hydrogen-bond donors (Lipinski definition) is 1. The highest BCUT2D eigenvalue weighted by Gasteiger charge is 2.70. The van der Waals surface area contributed by atoms with Gasteiger partial charge in [-0.15, -0.1) is 0 Å². The maximum Gasteiger partial charge on any atom is 0.411 e. The Balaban J connectivity index is 1.96. The number of hydrogen-bond acceptors (Lipinski definition) is 3. The maximum absolute atomic E-state index is 13.1. The van der Waals surface area contributed by atoms with Crippen molar-refractivity contribution in [1.29, 1.82) is 0 Å². The second kappa shape index (κ2) is 3.71. The van der Waals surface area contributed by atoms with E-state index >= 15 is 0 Å². The Labute approximate surface area is 106 Å². The van der Waals surface area contributed by atoms with E-state index in [1.165, 1.54) is 11.3 Å². The van der Waals surface area contributed by atoms with E-state index in [-0.39, 0.29) is 19.4 Å². The third kappa shape index (κ3) is 1.57. The molecule has 2 fully saturated rings. The van der Waals surface area contributed by atoms with Crippen molar-refractivity contribution < 1.29 is 18.0 Å². The molecule has 2 heterocycles. The highest BCUT2D eigenvalue weighted by Crippen LogP contribution is 2.56. The Bertz CT molecular complexity index is 467. The number of carbonyl (C=O) groups is 1. The number of carbonyl (C=O) groups excluding carboxylic acids is 1. The standard InChI is InChI=1S/C11H11F3N2OS/c12-11(13,14)10(2-3-10)16-8(17)5-15-9(16)7-1-4-18-6-7/h1,4,6,9,15H,2-3,5H2. The van der Waals surface area contributed by atoms with Crippen molar-refractivity contribution in [2.45, 2.75) is 30.7 Å². The van der Waals surface area contributed by atoms with Gasteiger partial charge < -0.3 is 4.90 Å². The van der Waals surface area contributed by atoms with Gasteiger partial charge in [0.1, 0.15) is 11.7 Å². The molecular formula is C11H11F3N2OS. The molecule has 0 aromatic carbocycles. The predicted octanol–water partition coefficient (Wildman–Crippen LogP) is 2.27. The first-order chi connectivity index (χ1) is 8.46. The summed E-state index contributed by atoms with van der Waals surface area (Å²) in [5.41, 5.74) is -1.22. The predicted molar refractivity (Wildman–Crippen MR) is 59.9 cm³/mol. The van der Waals surface area contributed by atoms with Crippen LogP contribution in [0.2, 0.25) is 0 Å². The van der Waals surface area contributed by atoms with Crippen molar-refractivity contribution in [3.05, 3.63) is 22.4 Å². The lowest BCUT2D eigenvalue weighted by molar-refractivity contribution is -0.202. The minimum absolute atomic E-state index is 0.00452. The number of thiophene rings is 1. The molecule has 2 aliphatic rings. The van der Waals surface area contributed by atoms with E-state index in [2.05, 4.69) is 5.32 Å². The SMILES string of the molecule is O=C1CNC(c2ccsc2)N1C1(C(F)(F)F)CC1. The van der Waals surface area contributed by atoms with Crippen LogP contribution in [0.15, 0.2) is 16.8 Å². The molecule has 1 atom stereocenters. The van der Waals surface area contributed by atoms with Crippen LogP contribution in [0.25, 0.3) is 0 Å². The summed E-state index contributed by atoms with van der Waals surface area (Å²) in [7, 11) is 0. The Morgan fingerprint density at radius 3 is 2.67 bits per heavy atom. The summed E-state index contributed by atoms with van der Waals surface area (Å²) < 4.78 is 39.4. The van der Waals surface area contributed by atoms with Gasteiger partial charge in [-0.05, 0) is 35.2 Å².